The summed E-state index contributed by atoms with van der Waals surface area (Å²) in [7, 11) is 0. The van der Waals surface area contributed by atoms with Gasteiger partial charge in [-0.05, 0) is 29.9 Å². The summed E-state index contributed by atoms with van der Waals surface area (Å²) >= 11 is 0. The third kappa shape index (κ3) is 2.61. The average Bonchev–Trinajstić information content (AvgIpc) is 2.28. The van der Waals surface area contributed by atoms with Crippen molar-refractivity contribution in [1.29, 1.82) is 0 Å². The normalized spacial score (nSPS) is 12.1. The Hall–Kier alpha value is -0.720. The number of furan rings is 1. The van der Waals surface area contributed by atoms with Gasteiger partial charge in [-0.1, -0.05) is 27.7 Å². The molecular weight excluding hydrogens is 160 g/mol. The first-order chi connectivity index (χ1) is 5.94. The summed E-state index contributed by atoms with van der Waals surface area (Å²) in [5.74, 6) is 1.17. The summed E-state index contributed by atoms with van der Waals surface area (Å²) < 4.78 is 5.56. The number of aryl methyl sites for hydroxylation is 1. The molecule has 0 bridgehead atoms. The zero-order chi connectivity index (χ0) is 10.1. The predicted molar refractivity (Wildman–Crippen MR) is 56.0 cm³/mol. The Labute approximate surface area is 81.1 Å². The Balaban J connectivity index is 2.89. The highest BCUT2D eigenvalue weighted by Crippen LogP contribution is 2.26. The van der Waals surface area contributed by atoms with Gasteiger partial charge in [0.2, 0.25) is 0 Å². The highest BCUT2D eigenvalue weighted by Gasteiger charge is 2.17. The van der Waals surface area contributed by atoms with E-state index in [1.807, 2.05) is 6.26 Å². The minimum absolute atomic E-state index is 0.314. The molecule has 0 saturated carbocycles. The first-order valence-corrected chi connectivity index (χ1v) is 5.00. The molecule has 1 heteroatoms. The van der Waals surface area contributed by atoms with Crippen LogP contribution in [-0.4, -0.2) is 0 Å². The molecule has 0 aliphatic heterocycles. The van der Waals surface area contributed by atoms with Gasteiger partial charge in [-0.15, -0.1) is 0 Å². The third-order valence-corrected chi connectivity index (χ3v) is 2.23. The smallest absolute Gasteiger partial charge is 0.107 e. The van der Waals surface area contributed by atoms with Crippen LogP contribution in [0.15, 0.2) is 10.7 Å². The number of rotatable bonds is 2. The predicted octanol–water partition coefficient (Wildman–Crippen LogP) is 3.74. The zero-order valence-electron chi connectivity index (χ0n) is 9.40. The fourth-order valence-electron chi connectivity index (χ4n) is 1.63. The third-order valence-electron chi connectivity index (χ3n) is 2.23. The van der Waals surface area contributed by atoms with Gasteiger partial charge in [0.05, 0.1) is 6.26 Å². The molecule has 1 rings (SSSR count). The van der Waals surface area contributed by atoms with E-state index in [4.69, 9.17) is 4.42 Å². The van der Waals surface area contributed by atoms with Crippen LogP contribution in [0.2, 0.25) is 0 Å². The van der Waals surface area contributed by atoms with E-state index in [0.717, 1.165) is 12.8 Å². The maximum Gasteiger partial charge on any atom is 0.107 e. The fourth-order valence-corrected chi connectivity index (χ4v) is 1.63. The van der Waals surface area contributed by atoms with Crippen molar-refractivity contribution < 1.29 is 4.42 Å². The molecule has 1 nitrogen and oxygen atoms in total. The van der Waals surface area contributed by atoms with Crippen molar-refractivity contribution in [3.05, 3.63) is 23.2 Å². The molecule has 0 aromatic carbocycles. The Kier molecular flexibility index (Phi) is 2.84. The van der Waals surface area contributed by atoms with Crippen LogP contribution >= 0.6 is 0 Å². The largest absolute Gasteiger partial charge is 0.469 e. The van der Waals surface area contributed by atoms with Gasteiger partial charge in [0.1, 0.15) is 5.76 Å². The van der Waals surface area contributed by atoms with Crippen LogP contribution in [0.4, 0.5) is 0 Å². The lowest BCUT2D eigenvalue weighted by Crippen LogP contribution is -2.09. The van der Waals surface area contributed by atoms with Crippen molar-refractivity contribution in [3.63, 3.8) is 0 Å². The first-order valence-electron chi connectivity index (χ1n) is 5.00. The van der Waals surface area contributed by atoms with E-state index < -0.39 is 0 Å². The molecule has 0 radical (unpaired) electrons. The van der Waals surface area contributed by atoms with E-state index in [2.05, 4.69) is 34.6 Å². The van der Waals surface area contributed by atoms with E-state index in [1.54, 1.807) is 0 Å². The highest BCUT2D eigenvalue weighted by atomic mass is 16.3. The molecular formula is C12H20O. The minimum Gasteiger partial charge on any atom is -0.469 e. The molecule has 13 heavy (non-hydrogen) atoms. The van der Waals surface area contributed by atoms with Gasteiger partial charge >= 0.3 is 0 Å². The van der Waals surface area contributed by atoms with Crippen LogP contribution in [0, 0.1) is 12.3 Å². The van der Waals surface area contributed by atoms with Crippen LogP contribution in [0.5, 0.6) is 0 Å². The molecule has 0 aliphatic carbocycles. The molecule has 0 fully saturated rings. The van der Waals surface area contributed by atoms with Crippen LogP contribution in [0.25, 0.3) is 0 Å². The van der Waals surface area contributed by atoms with E-state index in [-0.39, 0.29) is 0 Å². The maximum absolute atomic E-state index is 5.56. The van der Waals surface area contributed by atoms with Crippen molar-refractivity contribution in [2.45, 2.75) is 47.5 Å². The van der Waals surface area contributed by atoms with Crippen molar-refractivity contribution in [2.24, 2.45) is 5.41 Å². The second-order valence-corrected chi connectivity index (χ2v) is 4.91. The fraction of sp³-hybridized carbons (Fsp3) is 0.667. The van der Waals surface area contributed by atoms with Gasteiger partial charge in [0.15, 0.2) is 0 Å². The zero-order valence-corrected chi connectivity index (χ0v) is 9.40. The quantitative estimate of drug-likeness (QED) is 0.675. The SMILES string of the molecule is CCc1c(C)coc1CC(C)(C)C. The van der Waals surface area contributed by atoms with Gasteiger partial charge in [-0.2, -0.15) is 0 Å². The second kappa shape index (κ2) is 3.57. The molecule has 0 atom stereocenters. The Morgan fingerprint density at radius 2 is 1.92 bits per heavy atom. The van der Waals surface area contributed by atoms with Gasteiger partial charge in [-0.25, -0.2) is 0 Å². The summed E-state index contributed by atoms with van der Waals surface area (Å²) in [6.07, 6.45) is 3.98. The van der Waals surface area contributed by atoms with E-state index >= 15 is 0 Å². The van der Waals surface area contributed by atoms with Gasteiger partial charge in [0, 0.05) is 6.42 Å². The topological polar surface area (TPSA) is 13.1 Å². The number of hydrogen-bond donors (Lipinski definition) is 0. The average molecular weight is 180 g/mol. The lowest BCUT2D eigenvalue weighted by molar-refractivity contribution is 0.361. The standard InChI is InChI=1S/C12H20O/c1-6-10-9(2)8-13-11(10)7-12(3,4)5/h8H,6-7H2,1-5H3. The van der Waals surface area contributed by atoms with Crippen molar-refractivity contribution in [3.8, 4) is 0 Å². The molecule has 1 aromatic rings. The lowest BCUT2D eigenvalue weighted by Gasteiger charge is -2.16. The molecule has 1 aromatic heterocycles. The number of hydrogen-bond acceptors (Lipinski definition) is 1. The molecule has 0 N–H and O–H groups in total. The first kappa shape index (κ1) is 10.4. The van der Waals surface area contributed by atoms with Crippen LogP contribution < -0.4 is 0 Å². The summed E-state index contributed by atoms with van der Waals surface area (Å²) in [4.78, 5) is 0. The minimum atomic E-state index is 0.314. The molecule has 0 spiro atoms. The second-order valence-electron chi connectivity index (χ2n) is 4.91. The Bertz CT molecular complexity index is 276. The van der Waals surface area contributed by atoms with E-state index in [0.29, 0.717) is 5.41 Å². The van der Waals surface area contributed by atoms with E-state index in [9.17, 15) is 0 Å². The van der Waals surface area contributed by atoms with Gasteiger partial charge in [-0.3, -0.25) is 0 Å². The van der Waals surface area contributed by atoms with Crippen molar-refractivity contribution in [2.75, 3.05) is 0 Å². The highest BCUT2D eigenvalue weighted by molar-refractivity contribution is 5.27. The Morgan fingerprint density at radius 3 is 2.38 bits per heavy atom. The molecule has 0 aliphatic rings. The molecule has 0 saturated heterocycles. The summed E-state index contributed by atoms with van der Waals surface area (Å²) in [6.45, 7) is 11.0. The van der Waals surface area contributed by atoms with Crippen LogP contribution in [0.3, 0.4) is 0 Å². The van der Waals surface area contributed by atoms with Crippen molar-refractivity contribution >= 4 is 0 Å². The summed E-state index contributed by atoms with van der Waals surface area (Å²) in [5.41, 5.74) is 3.01. The Morgan fingerprint density at radius 1 is 1.31 bits per heavy atom. The molecule has 0 unspecified atom stereocenters. The lowest BCUT2D eigenvalue weighted by atomic mass is 9.89. The summed E-state index contributed by atoms with van der Waals surface area (Å²) in [5, 5.41) is 0. The van der Waals surface area contributed by atoms with Gasteiger partial charge in [0.25, 0.3) is 0 Å². The molecule has 0 amide bonds. The monoisotopic (exact) mass is 180 g/mol. The van der Waals surface area contributed by atoms with Crippen molar-refractivity contribution in [1.82, 2.24) is 0 Å². The van der Waals surface area contributed by atoms with Crippen LogP contribution in [0.1, 0.15) is 44.6 Å². The van der Waals surface area contributed by atoms with Gasteiger partial charge < -0.3 is 4.42 Å². The van der Waals surface area contributed by atoms with E-state index in [1.165, 1.54) is 16.9 Å². The van der Waals surface area contributed by atoms with Crippen LogP contribution in [-0.2, 0) is 12.8 Å². The molecule has 74 valence electrons. The molecule has 1 heterocycles. The summed E-state index contributed by atoms with van der Waals surface area (Å²) in [6, 6.07) is 0. The maximum atomic E-state index is 5.56.